The lowest BCUT2D eigenvalue weighted by molar-refractivity contribution is 1.39. The maximum absolute atomic E-state index is 4.59. The van der Waals surface area contributed by atoms with Crippen molar-refractivity contribution < 1.29 is 0 Å². The average molecular weight is 290 g/mol. The van der Waals surface area contributed by atoms with Crippen LogP contribution in [0, 0.1) is 13.8 Å². The van der Waals surface area contributed by atoms with E-state index in [1.165, 1.54) is 33.4 Å². The van der Waals surface area contributed by atoms with Gasteiger partial charge in [0.05, 0.1) is 0 Å². The van der Waals surface area contributed by atoms with E-state index < -0.39 is 0 Å². The number of benzene rings is 3. The highest BCUT2D eigenvalue weighted by Gasteiger charge is 2.07. The van der Waals surface area contributed by atoms with Crippen LogP contribution in [0.15, 0.2) is 71.6 Å². The monoisotopic (exact) mass is 290 g/mol. The Bertz CT molecular complexity index is 770. The van der Waals surface area contributed by atoms with Crippen LogP contribution in [0.25, 0.3) is 22.3 Å². The summed E-state index contributed by atoms with van der Waals surface area (Å²) < 4.78 is 0. The molecule has 104 valence electrons. The molecular weight excluding hydrogens is 272 g/mol. The Morgan fingerprint density at radius 1 is 0.667 bits per heavy atom. The second-order valence-corrected chi connectivity index (χ2v) is 5.89. The van der Waals surface area contributed by atoms with Gasteiger partial charge >= 0.3 is 0 Å². The molecule has 0 nitrogen and oxygen atoms in total. The molecule has 0 aromatic heterocycles. The van der Waals surface area contributed by atoms with E-state index in [2.05, 4.69) is 81.1 Å². The van der Waals surface area contributed by atoms with Crippen molar-refractivity contribution in [1.82, 2.24) is 0 Å². The van der Waals surface area contributed by atoms with Crippen molar-refractivity contribution in [2.24, 2.45) is 0 Å². The second kappa shape index (κ2) is 5.79. The quantitative estimate of drug-likeness (QED) is 0.556. The van der Waals surface area contributed by atoms with Gasteiger partial charge in [-0.15, -0.1) is 12.6 Å². The third-order valence-electron chi connectivity index (χ3n) is 3.82. The Labute approximate surface area is 131 Å². The zero-order chi connectivity index (χ0) is 14.8. The lowest BCUT2D eigenvalue weighted by Gasteiger charge is -2.11. The molecule has 0 heterocycles. The number of aryl methyl sites for hydroxylation is 2. The van der Waals surface area contributed by atoms with Gasteiger partial charge in [-0.25, -0.2) is 0 Å². The minimum absolute atomic E-state index is 1.02. The van der Waals surface area contributed by atoms with E-state index >= 15 is 0 Å². The van der Waals surface area contributed by atoms with Gasteiger partial charge in [-0.05, 0) is 53.8 Å². The minimum atomic E-state index is 1.02. The first kappa shape index (κ1) is 14.0. The normalized spacial score (nSPS) is 10.6. The van der Waals surface area contributed by atoms with Gasteiger partial charge in [0.2, 0.25) is 0 Å². The summed E-state index contributed by atoms with van der Waals surface area (Å²) in [4.78, 5) is 1.02. The summed E-state index contributed by atoms with van der Waals surface area (Å²) in [5.74, 6) is 0. The largest absolute Gasteiger partial charge is 0.143 e. The highest BCUT2D eigenvalue weighted by atomic mass is 32.1. The SMILES string of the molecule is Cc1ccc(-c2ccc(C)c(-c3ccccc3S)c2)cc1. The molecule has 0 fully saturated rings. The molecule has 0 saturated heterocycles. The van der Waals surface area contributed by atoms with Gasteiger partial charge in [0.1, 0.15) is 0 Å². The summed E-state index contributed by atoms with van der Waals surface area (Å²) in [5.41, 5.74) is 7.48. The number of hydrogen-bond donors (Lipinski definition) is 1. The molecule has 0 N–H and O–H groups in total. The van der Waals surface area contributed by atoms with E-state index in [-0.39, 0.29) is 0 Å². The molecule has 3 aromatic carbocycles. The summed E-state index contributed by atoms with van der Waals surface area (Å²) in [6.07, 6.45) is 0. The zero-order valence-corrected chi connectivity index (χ0v) is 13.2. The fraction of sp³-hybridized carbons (Fsp3) is 0.100. The predicted molar refractivity (Wildman–Crippen MR) is 94.0 cm³/mol. The molecule has 0 bridgehead atoms. The maximum atomic E-state index is 4.59. The first-order chi connectivity index (χ1) is 10.1. The van der Waals surface area contributed by atoms with E-state index in [4.69, 9.17) is 0 Å². The summed E-state index contributed by atoms with van der Waals surface area (Å²) in [6, 6.07) is 23.5. The van der Waals surface area contributed by atoms with Crippen molar-refractivity contribution in [1.29, 1.82) is 0 Å². The van der Waals surface area contributed by atoms with Gasteiger partial charge in [-0.3, -0.25) is 0 Å². The van der Waals surface area contributed by atoms with Gasteiger partial charge in [0.25, 0.3) is 0 Å². The van der Waals surface area contributed by atoms with Crippen LogP contribution in [0.3, 0.4) is 0 Å². The van der Waals surface area contributed by atoms with Crippen LogP contribution < -0.4 is 0 Å². The van der Waals surface area contributed by atoms with Gasteiger partial charge < -0.3 is 0 Å². The Morgan fingerprint density at radius 2 is 1.33 bits per heavy atom. The molecule has 3 aromatic rings. The van der Waals surface area contributed by atoms with Crippen LogP contribution >= 0.6 is 12.6 Å². The van der Waals surface area contributed by atoms with E-state index in [9.17, 15) is 0 Å². The molecule has 0 saturated carbocycles. The molecule has 1 heteroatoms. The van der Waals surface area contributed by atoms with Gasteiger partial charge in [-0.1, -0.05) is 60.2 Å². The molecule has 0 aliphatic carbocycles. The molecule has 21 heavy (non-hydrogen) atoms. The molecular formula is C20H18S. The Morgan fingerprint density at radius 3 is 2.05 bits per heavy atom. The molecule has 0 amide bonds. The number of thiol groups is 1. The second-order valence-electron chi connectivity index (χ2n) is 5.41. The molecule has 0 unspecified atom stereocenters. The van der Waals surface area contributed by atoms with Crippen LogP contribution in [0.2, 0.25) is 0 Å². The van der Waals surface area contributed by atoms with E-state index in [0.717, 1.165) is 4.90 Å². The predicted octanol–water partition coefficient (Wildman–Crippen LogP) is 5.93. The van der Waals surface area contributed by atoms with E-state index in [1.54, 1.807) is 0 Å². The lowest BCUT2D eigenvalue weighted by Crippen LogP contribution is -1.87. The van der Waals surface area contributed by atoms with Crippen molar-refractivity contribution in [3.05, 3.63) is 77.9 Å². The standard InChI is InChI=1S/C20H18S/c1-14-7-10-16(11-8-14)17-12-9-15(2)19(13-17)18-5-3-4-6-20(18)21/h3-13,21H,1-2H3. The molecule has 0 aliphatic heterocycles. The maximum Gasteiger partial charge on any atom is 0.0119 e. The van der Waals surface area contributed by atoms with E-state index in [1.807, 2.05) is 12.1 Å². The minimum Gasteiger partial charge on any atom is -0.143 e. The summed E-state index contributed by atoms with van der Waals surface area (Å²) >= 11 is 4.59. The molecule has 0 spiro atoms. The van der Waals surface area contributed by atoms with Crippen LogP contribution in [0.1, 0.15) is 11.1 Å². The number of hydrogen-bond acceptors (Lipinski definition) is 1. The highest BCUT2D eigenvalue weighted by molar-refractivity contribution is 7.80. The molecule has 0 aliphatic rings. The lowest BCUT2D eigenvalue weighted by atomic mass is 9.95. The fourth-order valence-corrected chi connectivity index (χ4v) is 2.82. The highest BCUT2D eigenvalue weighted by Crippen LogP contribution is 2.32. The first-order valence-corrected chi connectivity index (χ1v) is 7.56. The molecule has 3 rings (SSSR count). The van der Waals surface area contributed by atoms with Crippen molar-refractivity contribution in [3.8, 4) is 22.3 Å². The van der Waals surface area contributed by atoms with Crippen LogP contribution in [-0.2, 0) is 0 Å². The van der Waals surface area contributed by atoms with Gasteiger partial charge in [0, 0.05) is 4.90 Å². The third kappa shape index (κ3) is 2.88. The van der Waals surface area contributed by atoms with Crippen molar-refractivity contribution >= 4 is 12.6 Å². The fourth-order valence-electron chi connectivity index (χ4n) is 2.54. The summed E-state index contributed by atoms with van der Waals surface area (Å²) in [5, 5.41) is 0. The number of rotatable bonds is 2. The topological polar surface area (TPSA) is 0 Å². The molecule has 0 radical (unpaired) electrons. The summed E-state index contributed by atoms with van der Waals surface area (Å²) in [6.45, 7) is 4.26. The van der Waals surface area contributed by atoms with Crippen molar-refractivity contribution in [3.63, 3.8) is 0 Å². The average Bonchev–Trinajstić information content (AvgIpc) is 2.50. The van der Waals surface area contributed by atoms with Crippen LogP contribution in [0.4, 0.5) is 0 Å². The van der Waals surface area contributed by atoms with Crippen LogP contribution in [0.5, 0.6) is 0 Å². The third-order valence-corrected chi connectivity index (χ3v) is 4.21. The van der Waals surface area contributed by atoms with Gasteiger partial charge in [-0.2, -0.15) is 0 Å². The van der Waals surface area contributed by atoms with Gasteiger partial charge in [0.15, 0.2) is 0 Å². The summed E-state index contributed by atoms with van der Waals surface area (Å²) in [7, 11) is 0. The van der Waals surface area contributed by atoms with Crippen molar-refractivity contribution in [2.45, 2.75) is 18.7 Å². The van der Waals surface area contributed by atoms with E-state index in [0.29, 0.717) is 0 Å². The Kier molecular flexibility index (Phi) is 3.85. The molecule has 0 atom stereocenters. The Balaban J connectivity index is 2.13. The van der Waals surface area contributed by atoms with Crippen molar-refractivity contribution in [2.75, 3.05) is 0 Å². The smallest absolute Gasteiger partial charge is 0.0119 e. The van der Waals surface area contributed by atoms with Crippen LogP contribution in [-0.4, -0.2) is 0 Å². The zero-order valence-electron chi connectivity index (χ0n) is 12.3. The first-order valence-electron chi connectivity index (χ1n) is 7.11. The Hall–Kier alpha value is -1.99.